The Labute approximate surface area is 116 Å². The third-order valence-corrected chi connectivity index (χ3v) is 4.03. The van der Waals surface area contributed by atoms with Gasteiger partial charge >= 0.3 is 0 Å². The zero-order valence-corrected chi connectivity index (χ0v) is 12.5. The summed E-state index contributed by atoms with van der Waals surface area (Å²) >= 11 is 3.59. The number of hydrogen-bond donors (Lipinski definition) is 1. The minimum atomic E-state index is 0.306. The molecule has 0 aliphatic carbocycles. The monoisotopic (exact) mass is 307 g/mol. The Morgan fingerprint density at radius 1 is 1.39 bits per heavy atom. The lowest BCUT2D eigenvalue weighted by molar-refractivity contribution is 0.570. The summed E-state index contributed by atoms with van der Waals surface area (Å²) in [4.78, 5) is 0. The molecule has 0 amide bonds. The van der Waals surface area contributed by atoms with E-state index in [0.29, 0.717) is 6.04 Å². The summed E-state index contributed by atoms with van der Waals surface area (Å²) in [6.07, 6.45) is 1.93. The molecule has 2 aromatic rings. The van der Waals surface area contributed by atoms with Crippen LogP contribution in [0.2, 0.25) is 0 Å². The van der Waals surface area contributed by atoms with Crippen LogP contribution in [0.25, 0.3) is 0 Å². The highest BCUT2D eigenvalue weighted by Crippen LogP contribution is 2.23. The highest BCUT2D eigenvalue weighted by molar-refractivity contribution is 9.10. The maximum Gasteiger partial charge on any atom is 0.0537 e. The summed E-state index contributed by atoms with van der Waals surface area (Å²) in [5.41, 5.74) is 3.73. The van der Waals surface area contributed by atoms with E-state index in [1.807, 2.05) is 24.0 Å². The molecule has 18 heavy (non-hydrogen) atoms. The maximum atomic E-state index is 4.25. The van der Waals surface area contributed by atoms with E-state index < -0.39 is 0 Å². The second-order valence-corrected chi connectivity index (χ2v) is 5.36. The van der Waals surface area contributed by atoms with Gasteiger partial charge < -0.3 is 5.32 Å². The summed E-state index contributed by atoms with van der Waals surface area (Å²) in [6, 6.07) is 8.61. The van der Waals surface area contributed by atoms with Gasteiger partial charge in [-0.1, -0.05) is 34.1 Å². The Balaban J connectivity index is 2.03. The molecule has 0 saturated heterocycles. The van der Waals surface area contributed by atoms with Crippen LogP contribution in [0.5, 0.6) is 0 Å². The molecule has 0 aliphatic heterocycles. The third kappa shape index (κ3) is 2.82. The van der Waals surface area contributed by atoms with Crippen molar-refractivity contribution >= 4 is 15.9 Å². The van der Waals surface area contributed by atoms with Crippen molar-refractivity contribution in [3.05, 3.63) is 51.8 Å². The van der Waals surface area contributed by atoms with E-state index in [0.717, 1.165) is 11.0 Å². The molecule has 3 nitrogen and oxygen atoms in total. The van der Waals surface area contributed by atoms with E-state index in [1.54, 1.807) is 0 Å². The molecular weight excluding hydrogens is 290 g/mol. The summed E-state index contributed by atoms with van der Waals surface area (Å²) in [5, 5.41) is 7.78. The number of hydrogen-bond acceptors (Lipinski definition) is 2. The van der Waals surface area contributed by atoms with Gasteiger partial charge in [0, 0.05) is 35.4 Å². The number of halogens is 1. The molecule has 4 heteroatoms. The number of benzene rings is 1. The lowest BCUT2D eigenvalue weighted by Gasteiger charge is -2.15. The molecule has 0 radical (unpaired) electrons. The minimum Gasteiger partial charge on any atom is -0.306 e. The van der Waals surface area contributed by atoms with Gasteiger partial charge in [-0.25, -0.2) is 0 Å². The number of nitrogens with one attached hydrogen (secondary N) is 1. The van der Waals surface area contributed by atoms with Crippen molar-refractivity contribution in [1.29, 1.82) is 0 Å². The average Bonchev–Trinajstić information content (AvgIpc) is 2.68. The van der Waals surface area contributed by atoms with E-state index >= 15 is 0 Å². The smallest absolute Gasteiger partial charge is 0.0537 e. The van der Waals surface area contributed by atoms with Crippen LogP contribution in [0.4, 0.5) is 0 Å². The van der Waals surface area contributed by atoms with Crippen LogP contribution in [0, 0.1) is 6.92 Å². The van der Waals surface area contributed by atoms with Gasteiger partial charge in [0.15, 0.2) is 0 Å². The molecule has 96 valence electrons. The van der Waals surface area contributed by atoms with Crippen molar-refractivity contribution in [2.45, 2.75) is 26.4 Å². The van der Waals surface area contributed by atoms with Crippen molar-refractivity contribution in [3.8, 4) is 0 Å². The molecule has 1 aromatic carbocycles. The molecule has 2 rings (SSSR count). The Hall–Kier alpha value is -1.13. The predicted octanol–water partition coefficient (Wildman–Crippen LogP) is 3.34. The molecule has 0 fully saturated rings. The largest absolute Gasteiger partial charge is 0.306 e. The van der Waals surface area contributed by atoms with Crippen molar-refractivity contribution < 1.29 is 0 Å². The highest BCUT2D eigenvalue weighted by atomic mass is 79.9. The summed E-state index contributed by atoms with van der Waals surface area (Å²) in [7, 11) is 1.97. The zero-order valence-electron chi connectivity index (χ0n) is 10.9. The average molecular weight is 308 g/mol. The number of aryl methyl sites for hydroxylation is 1. The summed E-state index contributed by atoms with van der Waals surface area (Å²) in [6.45, 7) is 5.10. The van der Waals surface area contributed by atoms with Crippen LogP contribution in [-0.2, 0) is 13.6 Å². The molecule has 0 bridgehead atoms. The Morgan fingerprint density at radius 2 is 2.11 bits per heavy atom. The summed E-state index contributed by atoms with van der Waals surface area (Å²) < 4.78 is 3.05. The molecule has 1 heterocycles. The fourth-order valence-corrected chi connectivity index (χ4v) is 2.55. The van der Waals surface area contributed by atoms with E-state index in [9.17, 15) is 0 Å². The fraction of sp³-hybridized carbons (Fsp3) is 0.357. The molecule has 0 unspecified atom stereocenters. The molecule has 1 N–H and O–H groups in total. The highest BCUT2D eigenvalue weighted by Gasteiger charge is 2.09. The standard InChI is InChI=1S/C14H18BrN3/c1-10(13-6-4-5-7-14(13)15)16-8-12-9-17-18(3)11(12)2/h4-7,9-10,16H,8H2,1-3H3/t10-/m1/s1. The molecule has 0 spiro atoms. The summed E-state index contributed by atoms with van der Waals surface area (Å²) in [5.74, 6) is 0. The van der Waals surface area contributed by atoms with Gasteiger partial charge in [-0.3, -0.25) is 4.68 Å². The van der Waals surface area contributed by atoms with Crippen LogP contribution >= 0.6 is 15.9 Å². The lowest BCUT2D eigenvalue weighted by atomic mass is 10.1. The van der Waals surface area contributed by atoms with Crippen molar-refractivity contribution in [2.24, 2.45) is 7.05 Å². The van der Waals surface area contributed by atoms with Gasteiger partial charge in [-0.05, 0) is 25.5 Å². The normalized spacial score (nSPS) is 12.7. The van der Waals surface area contributed by atoms with Crippen molar-refractivity contribution in [3.63, 3.8) is 0 Å². The number of rotatable bonds is 4. The Bertz CT molecular complexity index is 534. The molecule has 0 saturated carbocycles. The third-order valence-electron chi connectivity index (χ3n) is 3.31. The zero-order chi connectivity index (χ0) is 13.1. The Morgan fingerprint density at radius 3 is 2.72 bits per heavy atom. The van der Waals surface area contributed by atoms with E-state index in [4.69, 9.17) is 0 Å². The molecular formula is C14H18BrN3. The molecule has 1 aromatic heterocycles. The topological polar surface area (TPSA) is 29.9 Å². The van der Waals surface area contributed by atoms with Crippen molar-refractivity contribution in [1.82, 2.24) is 15.1 Å². The van der Waals surface area contributed by atoms with Gasteiger partial charge in [0.25, 0.3) is 0 Å². The first-order valence-electron chi connectivity index (χ1n) is 6.05. The van der Waals surface area contributed by atoms with E-state index in [1.165, 1.54) is 16.8 Å². The van der Waals surface area contributed by atoms with Crippen LogP contribution in [0.3, 0.4) is 0 Å². The van der Waals surface area contributed by atoms with Gasteiger partial charge in [-0.2, -0.15) is 5.10 Å². The molecule has 1 atom stereocenters. The fourth-order valence-electron chi connectivity index (χ4n) is 1.92. The number of nitrogens with zero attached hydrogens (tertiary/aromatic N) is 2. The van der Waals surface area contributed by atoms with Gasteiger partial charge in [0.05, 0.1) is 6.20 Å². The second-order valence-electron chi connectivity index (χ2n) is 4.50. The predicted molar refractivity (Wildman–Crippen MR) is 77.3 cm³/mol. The van der Waals surface area contributed by atoms with Crippen LogP contribution in [0.15, 0.2) is 34.9 Å². The molecule has 0 aliphatic rings. The minimum absolute atomic E-state index is 0.306. The van der Waals surface area contributed by atoms with E-state index in [-0.39, 0.29) is 0 Å². The SMILES string of the molecule is Cc1c(CN[C@H](C)c2ccccc2Br)cnn1C. The first-order chi connectivity index (χ1) is 8.59. The van der Waals surface area contributed by atoms with Crippen LogP contribution < -0.4 is 5.32 Å². The van der Waals surface area contributed by atoms with Crippen LogP contribution in [0.1, 0.15) is 29.8 Å². The quantitative estimate of drug-likeness (QED) is 0.939. The van der Waals surface area contributed by atoms with E-state index in [2.05, 4.69) is 58.4 Å². The van der Waals surface area contributed by atoms with Gasteiger partial charge in [0.2, 0.25) is 0 Å². The lowest BCUT2D eigenvalue weighted by Crippen LogP contribution is -2.18. The van der Waals surface area contributed by atoms with Crippen molar-refractivity contribution in [2.75, 3.05) is 0 Å². The first-order valence-corrected chi connectivity index (χ1v) is 6.84. The Kier molecular flexibility index (Phi) is 4.19. The van der Waals surface area contributed by atoms with Crippen LogP contribution in [-0.4, -0.2) is 9.78 Å². The van der Waals surface area contributed by atoms with Gasteiger partial charge in [-0.15, -0.1) is 0 Å². The first kappa shape index (κ1) is 13.3. The maximum absolute atomic E-state index is 4.25. The second kappa shape index (κ2) is 5.67. The number of aromatic nitrogens is 2. The van der Waals surface area contributed by atoms with Gasteiger partial charge in [0.1, 0.15) is 0 Å².